The van der Waals surface area contributed by atoms with E-state index in [0.29, 0.717) is 23.8 Å². The van der Waals surface area contributed by atoms with Gasteiger partial charge in [0.25, 0.3) is 0 Å². The first-order chi connectivity index (χ1) is 12.9. The summed E-state index contributed by atoms with van der Waals surface area (Å²) < 4.78 is 4.98. The number of carboxylic acids is 1. The van der Waals surface area contributed by atoms with E-state index in [2.05, 4.69) is 0 Å². The maximum absolute atomic E-state index is 12.6. The number of nitro benzene ring substituents is 1. The molecule has 1 saturated carbocycles. The van der Waals surface area contributed by atoms with Crippen molar-refractivity contribution >= 4 is 29.3 Å². The topological polar surface area (TPSA) is 110 Å². The number of benzene rings is 1. The lowest BCUT2D eigenvalue weighted by molar-refractivity contribution is -0.385. The Hall–Kier alpha value is -2.29. The van der Waals surface area contributed by atoms with Gasteiger partial charge in [0.2, 0.25) is 5.91 Å². The number of likely N-dealkylation sites (tertiary alicyclic amines) is 1. The molecule has 1 N–H and O–H groups in total. The zero-order valence-corrected chi connectivity index (χ0v) is 15.8. The van der Waals surface area contributed by atoms with Gasteiger partial charge in [-0.3, -0.25) is 14.9 Å². The summed E-state index contributed by atoms with van der Waals surface area (Å²) in [6.07, 6.45) is 2.89. The second-order valence-corrected chi connectivity index (χ2v) is 7.93. The fourth-order valence-corrected chi connectivity index (χ4v) is 5.04. The zero-order chi connectivity index (χ0) is 19.6. The number of ether oxygens (including phenoxy) is 1. The smallest absolute Gasteiger partial charge is 0.326 e. The van der Waals surface area contributed by atoms with Gasteiger partial charge in [-0.15, -0.1) is 11.8 Å². The largest absolute Gasteiger partial charge is 0.490 e. The minimum absolute atomic E-state index is 0.0701. The van der Waals surface area contributed by atoms with Gasteiger partial charge >= 0.3 is 11.7 Å². The van der Waals surface area contributed by atoms with Crippen molar-refractivity contribution < 1.29 is 24.4 Å². The van der Waals surface area contributed by atoms with Gasteiger partial charge in [0, 0.05) is 18.4 Å². The molecule has 0 aromatic heterocycles. The first kappa shape index (κ1) is 19.5. The van der Waals surface area contributed by atoms with E-state index < -0.39 is 16.9 Å². The van der Waals surface area contributed by atoms with Crippen molar-refractivity contribution in [2.45, 2.75) is 31.1 Å². The number of hydrogen-bond acceptors (Lipinski definition) is 6. The van der Waals surface area contributed by atoms with Crippen LogP contribution in [0.3, 0.4) is 0 Å². The normalized spacial score (nSPS) is 23.9. The molecule has 0 spiro atoms. The van der Waals surface area contributed by atoms with Crippen molar-refractivity contribution in [3.8, 4) is 5.75 Å². The molecule has 8 nitrogen and oxygen atoms in total. The fourth-order valence-electron chi connectivity index (χ4n) is 4.19. The molecule has 3 rings (SSSR count). The molecular formula is C18H22N2O6S. The van der Waals surface area contributed by atoms with E-state index in [0.717, 1.165) is 19.3 Å². The number of amides is 1. The van der Waals surface area contributed by atoms with E-state index >= 15 is 0 Å². The third-order valence-electron chi connectivity index (χ3n) is 5.40. The fraction of sp³-hybridized carbons (Fsp3) is 0.556. The number of hydrogen-bond donors (Lipinski definition) is 1. The van der Waals surface area contributed by atoms with Crippen molar-refractivity contribution in [2.75, 3.05) is 19.4 Å². The number of rotatable bonds is 7. The highest BCUT2D eigenvalue weighted by Gasteiger charge is 2.49. The summed E-state index contributed by atoms with van der Waals surface area (Å²) in [6, 6.07) is 3.99. The Kier molecular flexibility index (Phi) is 5.88. The standard InChI is InChI=1S/C18H22N2O6S/c1-26-15-6-5-11(7-14(15)20(24)25)9-27-10-16(21)19-8-12-3-2-4-13(12)17(19)18(22)23/h5-7,12-13,17H,2-4,8-10H2,1H3,(H,22,23). The predicted molar refractivity (Wildman–Crippen MR) is 99.8 cm³/mol. The number of fused-ring (bicyclic) bond motifs is 1. The number of thioether (sulfide) groups is 1. The summed E-state index contributed by atoms with van der Waals surface area (Å²) in [5.74, 6) is 0.0407. The minimum Gasteiger partial charge on any atom is -0.490 e. The van der Waals surface area contributed by atoms with E-state index in [1.165, 1.54) is 35.9 Å². The zero-order valence-electron chi connectivity index (χ0n) is 15.0. The third-order valence-corrected chi connectivity index (χ3v) is 6.39. The Morgan fingerprint density at radius 1 is 1.41 bits per heavy atom. The summed E-state index contributed by atoms with van der Waals surface area (Å²) in [5.41, 5.74) is 0.605. The molecule has 0 bridgehead atoms. The van der Waals surface area contributed by atoms with Crippen LogP contribution < -0.4 is 4.74 Å². The first-order valence-electron chi connectivity index (χ1n) is 8.83. The molecular weight excluding hydrogens is 372 g/mol. The Labute approximate surface area is 161 Å². The van der Waals surface area contributed by atoms with Gasteiger partial charge in [-0.2, -0.15) is 0 Å². The van der Waals surface area contributed by atoms with Gasteiger partial charge in [-0.1, -0.05) is 12.5 Å². The SMILES string of the molecule is COc1ccc(CSCC(=O)N2CC3CCCC3C2C(=O)O)cc1[N+](=O)[O-]. The molecule has 27 heavy (non-hydrogen) atoms. The van der Waals surface area contributed by atoms with Gasteiger partial charge in [-0.25, -0.2) is 4.79 Å². The molecule has 3 unspecified atom stereocenters. The van der Waals surface area contributed by atoms with Crippen LogP contribution in [0.2, 0.25) is 0 Å². The molecule has 9 heteroatoms. The Bertz CT molecular complexity index is 755. The number of carbonyl (C=O) groups excluding carboxylic acids is 1. The Balaban J connectivity index is 1.59. The first-order valence-corrected chi connectivity index (χ1v) is 9.99. The second-order valence-electron chi connectivity index (χ2n) is 6.94. The van der Waals surface area contributed by atoms with Crippen molar-refractivity contribution in [2.24, 2.45) is 11.8 Å². The van der Waals surface area contributed by atoms with Gasteiger partial charge in [0.15, 0.2) is 5.75 Å². The number of carbonyl (C=O) groups is 2. The van der Waals surface area contributed by atoms with E-state index in [1.807, 2.05) is 0 Å². The molecule has 146 valence electrons. The minimum atomic E-state index is -0.923. The van der Waals surface area contributed by atoms with Crippen LogP contribution in [0.5, 0.6) is 5.75 Å². The summed E-state index contributed by atoms with van der Waals surface area (Å²) in [5, 5.41) is 20.6. The van der Waals surface area contributed by atoms with E-state index in [1.54, 1.807) is 6.07 Å². The molecule has 0 radical (unpaired) electrons. The Morgan fingerprint density at radius 3 is 2.85 bits per heavy atom. The van der Waals surface area contributed by atoms with E-state index in [9.17, 15) is 24.8 Å². The Morgan fingerprint density at radius 2 is 2.19 bits per heavy atom. The molecule has 2 fully saturated rings. The van der Waals surface area contributed by atoms with Crippen molar-refractivity contribution in [1.29, 1.82) is 0 Å². The number of nitrogens with zero attached hydrogens (tertiary/aromatic N) is 2. The molecule has 1 aliphatic heterocycles. The highest BCUT2D eigenvalue weighted by Crippen LogP contribution is 2.42. The number of nitro groups is 1. The second kappa shape index (κ2) is 8.16. The summed E-state index contributed by atoms with van der Waals surface area (Å²) in [4.78, 5) is 36.3. The average molecular weight is 394 g/mol. The van der Waals surface area contributed by atoms with Crippen LogP contribution >= 0.6 is 11.8 Å². The highest BCUT2D eigenvalue weighted by atomic mass is 32.2. The monoisotopic (exact) mass is 394 g/mol. The van der Waals surface area contributed by atoms with Crippen molar-refractivity contribution in [3.05, 3.63) is 33.9 Å². The average Bonchev–Trinajstić information content (AvgIpc) is 3.21. The van der Waals surface area contributed by atoms with Crippen LogP contribution in [-0.4, -0.2) is 52.3 Å². The highest BCUT2D eigenvalue weighted by molar-refractivity contribution is 7.99. The van der Waals surface area contributed by atoms with Crippen molar-refractivity contribution in [1.82, 2.24) is 4.90 Å². The number of aliphatic carboxylic acids is 1. The van der Waals surface area contributed by atoms with Crippen LogP contribution in [-0.2, 0) is 15.3 Å². The molecule has 1 aromatic rings. The molecule has 1 aliphatic carbocycles. The van der Waals surface area contributed by atoms with Gasteiger partial charge in [-0.05, 0) is 36.3 Å². The lowest BCUT2D eigenvalue weighted by Gasteiger charge is -2.24. The lowest BCUT2D eigenvalue weighted by atomic mass is 9.94. The molecule has 1 amide bonds. The van der Waals surface area contributed by atoms with Gasteiger partial charge in [0.05, 0.1) is 17.8 Å². The van der Waals surface area contributed by atoms with Crippen LogP contribution in [0, 0.1) is 22.0 Å². The molecule has 1 saturated heterocycles. The quantitative estimate of drug-likeness (QED) is 0.559. The van der Waals surface area contributed by atoms with E-state index in [4.69, 9.17) is 4.74 Å². The lowest BCUT2D eigenvalue weighted by Crippen LogP contribution is -2.44. The van der Waals surface area contributed by atoms with E-state index in [-0.39, 0.29) is 29.0 Å². The van der Waals surface area contributed by atoms with Gasteiger partial charge in [0.1, 0.15) is 6.04 Å². The van der Waals surface area contributed by atoms with Crippen LogP contribution in [0.25, 0.3) is 0 Å². The predicted octanol–water partition coefficient (Wildman–Crippen LogP) is 2.55. The van der Waals surface area contributed by atoms with Crippen LogP contribution in [0.1, 0.15) is 24.8 Å². The molecule has 3 atom stereocenters. The number of methoxy groups -OCH3 is 1. The van der Waals surface area contributed by atoms with Gasteiger partial charge < -0.3 is 14.7 Å². The van der Waals surface area contributed by atoms with Crippen LogP contribution in [0.15, 0.2) is 18.2 Å². The summed E-state index contributed by atoms with van der Waals surface area (Å²) >= 11 is 1.33. The van der Waals surface area contributed by atoms with Crippen molar-refractivity contribution in [3.63, 3.8) is 0 Å². The third kappa shape index (κ3) is 4.02. The maximum Gasteiger partial charge on any atom is 0.326 e. The molecule has 1 heterocycles. The molecule has 2 aliphatic rings. The summed E-state index contributed by atoms with van der Waals surface area (Å²) in [7, 11) is 1.37. The number of carboxylic acid groups (broad SMARTS) is 1. The summed E-state index contributed by atoms with van der Waals surface area (Å²) in [6.45, 7) is 0.523. The maximum atomic E-state index is 12.6. The molecule has 1 aromatic carbocycles. The van der Waals surface area contributed by atoms with Crippen LogP contribution in [0.4, 0.5) is 5.69 Å².